The van der Waals surface area contributed by atoms with Gasteiger partial charge < -0.3 is 9.84 Å². The van der Waals surface area contributed by atoms with Crippen molar-refractivity contribution in [2.24, 2.45) is 0 Å². The van der Waals surface area contributed by atoms with Crippen molar-refractivity contribution in [3.63, 3.8) is 0 Å². The van der Waals surface area contributed by atoms with E-state index < -0.39 is 6.10 Å². The summed E-state index contributed by atoms with van der Waals surface area (Å²) in [4.78, 5) is 36.2. The number of nitrogens with zero attached hydrogens (tertiary/aromatic N) is 4. The summed E-state index contributed by atoms with van der Waals surface area (Å²) in [5.41, 5.74) is 4.24. The highest BCUT2D eigenvalue weighted by atomic mass is 32.1. The van der Waals surface area contributed by atoms with E-state index in [-0.39, 0.29) is 25.0 Å². The first kappa shape index (κ1) is 20.6. The summed E-state index contributed by atoms with van der Waals surface area (Å²) in [6.45, 7) is 10.9. The molecule has 0 saturated carbocycles. The third kappa shape index (κ3) is 3.52. The van der Waals surface area contributed by atoms with Crippen molar-refractivity contribution in [2.75, 3.05) is 31.1 Å². The van der Waals surface area contributed by atoms with E-state index in [1.165, 1.54) is 11.3 Å². The average Bonchev–Trinajstić information content (AvgIpc) is 3.37. The zero-order chi connectivity index (χ0) is 22.4. The number of ether oxygens (including phenoxy) is 1. The van der Waals surface area contributed by atoms with Crippen LogP contribution in [0.5, 0.6) is 0 Å². The molecule has 0 bridgehead atoms. The average molecular weight is 449 g/mol. The van der Waals surface area contributed by atoms with Crippen LogP contribution in [0, 0.1) is 13.5 Å². The number of carbonyl (C=O) groups is 2. The van der Waals surface area contributed by atoms with Crippen LogP contribution in [0.1, 0.15) is 33.2 Å². The molecule has 0 radical (unpaired) electrons. The van der Waals surface area contributed by atoms with Gasteiger partial charge in [-0.05, 0) is 30.2 Å². The lowest BCUT2D eigenvalue weighted by atomic mass is 9.95. The number of cyclic esters (lactones) is 1. The number of aliphatic hydroxyl groups excluding tert-OH is 1. The lowest BCUT2D eigenvalue weighted by molar-refractivity contribution is -0.121. The minimum atomic E-state index is -0.773. The van der Waals surface area contributed by atoms with E-state index >= 15 is 0 Å². The Morgan fingerprint density at radius 2 is 2.12 bits per heavy atom. The van der Waals surface area contributed by atoms with Crippen LogP contribution in [0.2, 0.25) is 0 Å². The Balaban J connectivity index is 1.28. The molecule has 1 aromatic heterocycles. The van der Waals surface area contributed by atoms with Crippen LogP contribution < -0.4 is 4.90 Å². The Bertz CT molecular complexity index is 1300. The maximum absolute atomic E-state index is 12.8. The lowest BCUT2D eigenvalue weighted by Gasteiger charge is -2.34. The molecule has 3 heterocycles. The number of aliphatic hydroxyl groups is 1. The van der Waals surface area contributed by atoms with E-state index in [9.17, 15) is 14.7 Å². The van der Waals surface area contributed by atoms with Crippen LogP contribution in [0.4, 0.5) is 10.8 Å². The van der Waals surface area contributed by atoms with Crippen LogP contribution in [0.25, 0.3) is 15.1 Å². The first-order valence-electron chi connectivity index (χ1n) is 10.2. The van der Waals surface area contributed by atoms with Crippen molar-refractivity contribution in [2.45, 2.75) is 19.6 Å². The molecule has 1 saturated heterocycles. The number of aromatic nitrogens is 1. The number of benzene rings is 2. The van der Waals surface area contributed by atoms with Gasteiger partial charge in [-0.1, -0.05) is 29.5 Å². The third-order valence-corrected chi connectivity index (χ3v) is 7.08. The lowest BCUT2D eigenvalue weighted by Crippen LogP contribution is -2.51. The number of hydrogen-bond donors (Lipinski definition) is 1. The Labute approximate surface area is 188 Å². The van der Waals surface area contributed by atoms with E-state index in [1.807, 2.05) is 17.9 Å². The van der Waals surface area contributed by atoms with Crippen LogP contribution in [-0.4, -0.2) is 53.0 Å². The quantitative estimate of drug-likeness (QED) is 0.487. The van der Waals surface area contributed by atoms with E-state index in [2.05, 4.69) is 9.83 Å². The van der Waals surface area contributed by atoms with E-state index in [4.69, 9.17) is 11.3 Å². The molecule has 0 spiro atoms. The highest BCUT2D eigenvalue weighted by Crippen LogP contribution is 2.33. The van der Waals surface area contributed by atoms with Gasteiger partial charge >= 0.3 is 5.97 Å². The zero-order valence-corrected chi connectivity index (χ0v) is 18.2. The molecule has 9 heteroatoms. The van der Waals surface area contributed by atoms with Gasteiger partial charge in [-0.2, -0.15) is 0 Å². The molecule has 5 rings (SSSR count). The number of fused-ring (bicyclic) bond motifs is 2. The highest BCUT2D eigenvalue weighted by Gasteiger charge is 2.30. The number of rotatable bonds is 4. The Morgan fingerprint density at radius 3 is 2.91 bits per heavy atom. The van der Waals surface area contributed by atoms with E-state index in [0.29, 0.717) is 36.0 Å². The second-order valence-corrected chi connectivity index (χ2v) is 8.95. The number of carbonyl (C=O) groups excluding carboxylic acids is 2. The molecular formula is C23H20N4O4S. The second-order valence-electron chi connectivity index (χ2n) is 7.94. The minimum Gasteiger partial charge on any atom is -0.457 e. The van der Waals surface area contributed by atoms with E-state index in [1.54, 1.807) is 29.2 Å². The number of piperazine rings is 1. The van der Waals surface area contributed by atoms with Gasteiger partial charge in [0, 0.05) is 25.2 Å². The Morgan fingerprint density at radius 1 is 1.28 bits per heavy atom. The number of hydrogen-bond acceptors (Lipinski definition) is 7. The number of β-amino-alcohol motifs (C(OH)–C–C–N with tert-alkyl or cyclic N) is 1. The van der Waals surface area contributed by atoms with Crippen molar-refractivity contribution >= 4 is 44.2 Å². The van der Waals surface area contributed by atoms with Crippen LogP contribution >= 0.6 is 11.3 Å². The number of esters is 1. The monoisotopic (exact) mass is 448 g/mol. The first-order valence-corrected chi connectivity index (χ1v) is 11.0. The maximum Gasteiger partial charge on any atom is 0.338 e. The highest BCUT2D eigenvalue weighted by molar-refractivity contribution is 7.22. The molecule has 32 heavy (non-hydrogen) atoms. The topological polar surface area (TPSA) is 87.3 Å². The van der Waals surface area contributed by atoms with Crippen molar-refractivity contribution in [3.8, 4) is 0 Å². The van der Waals surface area contributed by atoms with Gasteiger partial charge in [-0.25, -0.2) is 14.6 Å². The molecule has 1 amide bonds. The smallest absolute Gasteiger partial charge is 0.338 e. The second kappa shape index (κ2) is 7.98. The van der Waals surface area contributed by atoms with Crippen LogP contribution in [0.3, 0.4) is 0 Å². The summed E-state index contributed by atoms with van der Waals surface area (Å²) in [6.07, 6.45) is -0.773. The molecule has 1 atom stereocenters. The van der Waals surface area contributed by atoms with Crippen LogP contribution in [-0.2, 0) is 16.1 Å². The summed E-state index contributed by atoms with van der Waals surface area (Å²) >= 11 is 1.44. The zero-order valence-electron chi connectivity index (χ0n) is 17.4. The fraction of sp³-hybridized carbons (Fsp3) is 0.304. The van der Waals surface area contributed by atoms with E-state index in [0.717, 1.165) is 26.9 Å². The first-order chi connectivity index (χ1) is 15.4. The Hall–Kier alpha value is -3.32. The van der Waals surface area contributed by atoms with Crippen molar-refractivity contribution in [3.05, 3.63) is 64.0 Å². The molecule has 0 unspecified atom stereocenters. The third-order valence-electron chi connectivity index (χ3n) is 6.02. The number of anilines is 1. The normalized spacial score (nSPS) is 17.3. The van der Waals surface area contributed by atoms with Gasteiger partial charge in [0.2, 0.25) is 5.91 Å². The molecule has 1 N–H and O–H groups in total. The molecule has 162 valence electrons. The summed E-state index contributed by atoms with van der Waals surface area (Å²) in [7, 11) is 0. The minimum absolute atomic E-state index is 0.0717. The molecule has 2 aliphatic rings. The molecular weight excluding hydrogens is 428 g/mol. The molecule has 3 aromatic rings. The predicted octanol–water partition coefficient (Wildman–Crippen LogP) is 3.21. The fourth-order valence-electron chi connectivity index (χ4n) is 4.24. The number of thiazole rings is 1. The molecule has 2 aromatic carbocycles. The summed E-state index contributed by atoms with van der Waals surface area (Å²) in [5, 5.41) is 11.5. The molecule has 0 aliphatic carbocycles. The van der Waals surface area contributed by atoms with Gasteiger partial charge in [0.1, 0.15) is 6.61 Å². The van der Waals surface area contributed by atoms with Gasteiger partial charge in [-0.3, -0.25) is 14.6 Å². The van der Waals surface area contributed by atoms with Crippen molar-refractivity contribution in [1.82, 2.24) is 9.88 Å². The largest absolute Gasteiger partial charge is 0.457 e. The summed E-state index contributed by atoms with van der Waals surface area (Å²) in [6, 6.07) is 8.81. The van der Waals surface area contributed by atoms with Crippen molar-refractivity contribution < 1.29 is 19.4 Å². The summed E-state index contributed by atoms with van der Waals surface area (Å²) in [5.74, 6) is -0.399. The fourth-order valence-corrected chi connectivity index (χ4v) is 5.23. The van der Waals surface area contributed by atoms with Gasteiger partial charge in [0.15, 0.2) is 10.8 Å². The maximum atomic E-state index is 12.8. The van der Waals surface area contributed by atoms with Crippen LogP contribution in [0.15, 0.2) is 30.3 Å². The molecule has 8 nitrogen and oxygen atoms in total. The molecule has 1 fully saturated rings. The standard InChI is InChI=1S/C23H20N4O4S/c1-13-15(4-5-16-17(13)12-31-22(16)30)19(28)10-26-7-8-27(21(29)11-26)23-25-18-9-14(24-2)3-6-20(18)32-23/h3-6,9,19,28H,7-8,10-12H2,1H3/t19-/m0/s1. The SMILES string of the molecule is [C-]#[N+]c1ccc2sc(N3CCN(C[C@H](O)c4ccc5c(c4C)COC5=O)CC3=O)nc2c1. The summed E-state index contributed by atoms with van der Waals surface area (Å²) < 4.78 is 6.03. The Kier molecular flexibility index (Phi) is 5.13. The molecule has 2 aliphatic heterocycles. The van der Waals surface area contributed by atoms with Crippen molar-refractivity contribution in [1.29, 1.82) is 0 Å². The van der Waals surface area contributed by atoms with Gasteiger partial charge in [-0.15, -0.1) is 0 Å². The number of amides is 1. The van der Waals surface area contributed by atoms with Gasteiger partial charge in [0.25, 0.3) is 0 Å². The van der Waals surface area contributed by atoms with Gasteiger partial charge in [0.05, 0.1) is 35.0 Å². The predicted molar refractivity (Wildman–Crippen MR) is 120 cm³/mol.